The van der Waals surface area contributed by atoms with Crippen LogP contribution in [-0.4, -0.2) is 41.1 Å². The molecular weight excluding hydrogens is 390 g/mol. The van der Waals surface area contributed by atoms with Crippen molar-refractivity contribution in [1.82, 2.24) is 4.90 Å². The van der Waals surface area contributed by atoms with Crippen molar-refractivity contribution >= 4 is 34.5 Å². The fourth-order valence-corrected chi connectivity index (χ4v) is 2.15. The molecule has 0 heterocycles. The zero-order valence-electron chi connectivity index (χ0n) is 10.4. The molecule has 0 aliphatic rings. The number of carbonyl (C=O) groups is 2. The predicted molar refractivity (Wildman–Crippen MR) is 73.5 cm³/mol. The summed E-state index contributed by atoms with van der Waals surface area (Å²) in [4.78, 5) is 23.0. The number of carbonyl (C=O) groups excluding carboxylic acids is 1. The Morgan fingerprint density at radius 3 is 2.45 bits per heavy atom. The minimum absolute atomic E-state index is 0.0658. The number of carboxylic acids is 1. The summed E-state index contributed by atoms with van der Waals surface area (Å²) in [6.45, 7) is -0.881. The molecule has 110 valence electrons. The van der Waals surface area contributed by atoms with Crippen molar-refractivity contribution in [2.75, 3.05) is 13.1 Å². The first kappa shape index (κ1) is 16.7. The van der Waals surface area contributed by atoms with E-state index in [9.17, 15) is 22.8 Å². The van der Waals surface area contributed by atoms with E-state index in [4.69, 9.17) is 5.11 Å². The SMILES string of the molecule is Cc1cccc(C(=O)N(CC(=O)O)CC(F)(F)F)c1I. The second-order valence-electron chi connectivity index (χ2n) is 4.11. The number of alkyl halides is 3. The summed E-state index contributed by atoms with van der Waals surface area (Å²) in [6.07, 6.45) is -4.65. The van der Waals surface area contributed by atoms with E-state index in [1.165, 1.54) is 12.1 Å². The molecule has 0 aromatic heterocycles. The zero-order chi connectivity index (χ0) is 15.5. The lowest BCUT2D eigenvalue weighted by Crippen LogP contribution is -2.42. The van der Waals surface area contributed by atoms with Crippen molar-refractivity contribution in [2.24, 2.45) is 0 Å². The average Bonchev–Trinajstić information content (AvgIpc) is 2.28. The molecule has 0 radical (unpaired) electrons. The predicted octanol–water partition coefficient (Wildman–Crippen LogP) is 2.69. The monoisotopic (exact) mass is 401 g/mol. The van der Waals surface area contributed by atoms with E-state index in [2.05, 4.69) is 0 Å². The van der Waals surface area contributed by atoms with Gasteiger partial charge in [0.2, 0.25) is 0 Å². The molecule has 8 heteroatoms. The Kier molecular flexibility index (Phi) is 5.37. The molecule has 1 N–H and O–H groups in total. The van der Waals surface area contributed by atoms with E-state index in [1.54, 1.807) is 13.0 Å². The van der Waals surface area contributed by atoms with Crippen molar-refractivity contribution in [2.45, 2.75) is 13.1 Å². The van der Waals surface area contributed by atoms with Gasteiger partial charge in [-0.1, -0.05) is 12.1 Å². The fraction of sp³-hybridized carbons (Fsp3) is 0.333. The van der Waals surface area contributed by atoms with Crippen LogP contribution in [0.4, 0.5) is 13.2 Å². The van der Waals surface area contributed by atoms with Crippen molar-refractivity contribution in [3.63, 3.8) is 0 Å². The molecule has 0 fully saturated rings. The molecule has 0 saturated carbocycles. The topological polar surface area (TPSA) is 57.6 Å². The normalized spacial score (nSPS) is 11.2. The van der Waals surface area contributed by atoms with Crippen LogP contribution in [0.3, 0.4) is 0 Å². The number of hydrogen-bond acceptors (Lipinski definition) is 2. The summed E-state index contributed by atoms with van der Waals surface area (Å²) >= 11 is 1.85. The van der Waals surface area contributed by atoms with Crippen molar-refractivity contribution in [3.05, 3.63) is 32.9 Å². The number of halogens is 4. The van der Waals surface area contributed by atoms with Gasteiger partial charge in [0.05, 0.1) is 5.56 Å². The van der Waals surface area contributed by atoms with Gasteiger partial charge in [-0.3, -0.25) is 9.59 Å². The Hall–Kier alpha value is -1.32. The first-order valence-electron chi connectivity index (χ1n) is 5.44. The molecule has 0 aliphatic heterocycles. The minimum atomic E-state index is -4.65. The van der Waals surface area contributed by atoms with Gasteiger partial charge in [-0.2, -0.15) is 13.2 Å². The van der Waals surface area contributed by atoms with Crippen LogP contribution >= 0.6 is 22.6 Å². The Bertz CT molecular complexity index is 531. The van der Waals surface area contributed by atoms with Crippen LogP contribution < -0.4 is 0 Å². The summed E-state index contributed by atoms with van der Waals surface area (Å²) in [7, 11) is 0. The number of benzene rings is 1. The first-order valence-corrected chi connectivity index (χ1v) is 6.52. The lowest BCUT2D eigenvalue weighted by molar-refractivity contribution is -0.149. The van der Waals surface area contributed by atoms with Crippen LogP contribution in [0.25, 0.3) is 0 Å². The van der Waals surface area contributed by atoms with Crippen LogP contribution in [0.2, 0.25) is 0 Å². The van der Waals surface area contributed by atoms with E-state index in [-0.39, 0.29) is 10.5 Å². The van der Waals surface area contributed by atoms with E-state index >= 15 is 0 Å². The van der Waals surface area contributed by atoms with Crippen LogP contribution in [0.15, 0.2) is 18.2 Å². The third-order valence-electron chi connectivity index (χ3n) is 2.41. The maximum absolute atomic E-state index is 12.4. The first-order chi connectivity index (χ1) is 9.11. The van der Waals surface area contributed by atoms with Gasteiger partial charge in [-0.15, -0.1) is 0 Å². The largest absolute Gasteiger partial charge is 0.480 e. The van der Waals surface area contributed by atoms with Gasteiger partial charge >= 0.3 is 12.1 Å². The highest BCUT2D eigenvalue weighted by Gasteiger charge is 2.34. The summed E-state index contributed by atoms with van der Waals surface area (Å²) in [5.74, 6) is -2.44. The molecule has 1 aromatic carbocycles. The lowest BCUT2D eigenvalue weighted by atomic mass is 10.1. The molecule has 0 unspecified atom stereocenters. The van der Waals surface area contributed by atoms with Crippen LogP contribution in [0.5, 0.6) is 0 Å². The highest BCUT2D eigenvalue weighted by Crippen LogP contribution is 2.21. The Balaban J connectivity index is 3.10. The molecule has 4 nitrogen and oxygen atoms in total. The van der Waals surface area contributed by atoms with Crippen molar-refractivity contribution < 1.29 is 27.9 Å². The third-order valence-corrected chi connectivity index (χ3v) is 3.84. The Morgan fingerprint density at radius 2 is 1.95 bits per heavy atom. The third kappa shape index (κ3) is 4.66. The Morgan fingerprint density at radius 1 is 1.35 bits per heavy atom. The Labute approximate surface area is 126 Å². The standard InChI is InChI=1S/C12H11F3INO3/c1-7-3-2-4-8(10(7)16)11(20)17(5-9(18)19)6-12(13,14)15/h2-4H,5-6H2,1H3,(H,18,19). The molecule has 0 spiro atoms. The van der Waals surface area contributed by atoms with E-state index in [0.717, 1.165) is 5.56 Å². The number of amides is 1. The highest BCUT2D eigenvalue weighted by molar-refractivity contribution is 14.1. The molecule has 1 aromatic rings. The summed E-state index contributed by atoms with van der Waals surface area (Å²) in [5, 5.41) is 8.64. The van der Waals surface area contributed by atoms with Gasteiger partial charge in [-0.25, -0.2) is 0 Å². The molecule has 0 aliphatic carbocycles. The molecule has 1 rings (SSSR count). The number of nitrogens with zero attached hydrogens (tertiary/aromatic N) is 1. The van der Waals surface area contributed by atoms with Gasteiger partial charge in [0.15, 0.2) is 0 Å². The smallest absolute Gasteiger partial charge is 0.406 e. The maximum Gasteiger partial charge on any atom is 0.406 e. The second-order valence-corrected chi connectivity index (χ2v) is 5.19. The van der Waals surface area contributed by atoms with Crippen molar-refractivity contribution in [1.29, 1.82) is 0 Å². The maximum atomic E-state index is 12.4. The summed E-state index contributed by atoms with van der Waals surface area (Å²) in [5.41, 5.74) is 0.801. The number of hydrogen-bond donors (Lipinski definition) is 1. The highest BCUT2D eigenvalue weighted by atomic mass is 127. The van der Waals surface area contributed by atoms with Gasteiger partial charge in [0.1, 0.15) is 13.1 Å². The van der Waals surface area contributed by atoms with Crippen LogP contribution in [0.1, 0.15) is 15.9 Å². The van der Waals surface area contributed by atoms with Crippen LogP contribution in [-0.2, 0) is 4.79 Å². The van der Waals surface area contributed by atoms with Gasteiger partial charge in [0, 0.05) is 3.57 Å². The summed E-state index contributed by atoms with van der Waals surface area (Å²) < 4.78 is 37.8. The van der Waals surface area contributed by atoms with E-state index in [1.807, 2.05) is 22.6 Å². The fourth-order valence-electron chi connectivity index (χ4n) is 1.56. The molecular formula is C12H11F3INO3. The van der Waals surface area contributed by atoms with E-state index in [0.29, 0.717) is 3.57 Å². The van der Waals surface area contributed by atoms with Gasteiger partial charge < -0.3 is 10.0 Å². The quantitative estimate of drug-likeness (QED) is 0.790. The van der Waals surface area contributed by atoms with E-state index < -0.39 is 31.1 Å². The van der Waals surface area contributed by atoms with Gasteiger partial charge in [0.25, 0.3) is 5.91 Å². The molecule has 0 bridgehead atoms. The summed E-state index contributed by atoms with van der Waals surface area (Å²) in [6, 6.07) is 4.63. The average molecular weight is 401 g/mol. The molecule has 0 saturated heterocycles. The molecule has 1 amide bonds. The number of rotatable bonds is 4. The van der Waals surface area contributed by atoms with Crippen LogP contribution in [0, 0.1) is 10.5 Å². The zero-order valence-corrected chi connectivity index (χ0v) is 12.5. The molecule has 20 heavy (non-hydrogen) atoms. The number of carboxylic acid groups (broad SMARTS) is 1. The van der Waals surface area contributed by atoms with Crippen molar-refractivity contribution in [3.8, 4) is 0 Å². The van der Waals surface area contributed by atoms with Gasteiger partial charge in [-0.05, 0) is 41.1 Å². The number of aliphatic carboxylic acids is 1. The molecule has 0 atom stereocenters. The lowest BCUT2D eigenvalue weighted by Gasteiger charge is -2.23. The minimum Gasteiger partial charge on any atom is -0.480 e. The number of aryl methyl sites for hydroxylation is 1. The second kappa shape index (κ2) is 6.42.